The maximum Gasteiger partial charge on any atom is 0.306 e. The molecule has 1 fully saturated rings. The number of carbonyl (C=O) groups is 1. The van der Waals surface area contributed by atoms with Gasteiger partial charge in [0.25, 0.3) is 0 Å². The van der Waals surface area contributed by atoms with E-state index in [2.05, 4.69) is 4.72 Å². The van der Waals surface area contributed by atoms with Gasteiger partial charge in [0.05, 0.1) is 10.8 Å². The first-order valence-corrected chi connectivity index (χ1v) is 10.4. The largest absolute Gasteiger partial charge is 0.489 e. The van der Waals surface area contributed by atoms with Crippen LogP contribution in [0.15, 0.2) is 59.5 Å². The fraction of sp³-hybridized carbons (Fsp3) is 0.350. The van der Waals surface area contributed by atoms with E-state index in [9.17, 15) is 13.2 Å². The van der Waals surface area contributed by atoms with Crippen molar-refractivity contribution in [3.63, 3.8) is 0 Å². The summed E-state index contributed by atoms with van der Waals surface area (Å²) in [5.41, 5.74) is 1.04. The Balaban J connectivity index is 1.56. The number of ether oxygens (including phenoxy) is 1. The molecule has 0 amide bonds. The fourth-order valence-electron chi connectivity index (χ4n) is 3.20. The van der Waals surface area contributed by atoms with E-state index in [1.54, 1.807) is 12.1 Å². The number of carboxylic acids is 1. The van der Waals surface area contributed by atoms with Crippen LogP contribution >= 0.6 is 0 Å². The molecule has 0 radical (unpaired) electrons. The molecular formula is C20H23NO5S. The normalized spacial score (nSPS) is 20.1. The Labute approximate surface area is 159 Å². The van der Waals surface area contributed by atoms with Crippen LogP contribution in [0.3, 0.4) is 0 Å². The van der Waals surface area contributed by atoms with Crippen LogP contribution in [-0.2, 0) is 21.4 Å². The third-order valence-corrected chi connectivity index (χ3v) is 6.32. The van der Waals surface area contributed by atoms with Crippen LogP contribution in [0, 0.1) is 5.92 Å². The lowest BCUT2D eigenvalue weighted by Gasteiger charge is -2.26. The van der Waals surface area contributed by atoms with Crippen molar-refractivity contribution in [3.8, 4) is 5.75 Å². The Hall–Kier alpha value is -2.38. The zero-order chi connectivity index (χ0) is 19.3. The van der Waals surface area contributed by atoms with Crippen LogP contribution < -0.4 is 9.46 Å². The highest BCUT2D eigenvalue weighted by atomic mass is 32.2. The van der Waals surface area contributed by atoms with Crippen LogP contribution in [-0.4, -0.2) is 25.5 Å². The Bertz CT molecular complexity index is 857. The monoisotopic (exact) mass is 389 g/mol. The third kappa shape index (κ3) is 5.30. The molecule has 2 aromatic rings. The molecule has 6 nitrogen and oxygen atoms in total. The number of rotatable bonds is 7. The molecule has 2 aromatic carbocycles. The average Bonchev–Trinajstić information content (AvgIpc) is 2.67. The van der Waals surface area contributed by atoms with Crippen LogP contribution in [0.5, 0.6) is 5.75 Å². The molecule has 0 aliphatic heterocycles. The fourth-order valence-corrected chi connectivity index (χ4v) is 4.51. The second-order valence-electron chi connectivity index (χ2n) is 6.75. The van der Waals surface area contributed by atoms with Crippen LogP contribution in [0.25, 0.3) is 0 Å². The molecule has 144 valence electrons. The predicted molar refractivity (Wildman–Crippen MR) is 101 cm³/mol. The lowest BCUT2D eigenvalue weighted by molar-refractivity contribution is -0.142. The Morgan fingerprint density at radius 1 is 1.00 bits per heavy atom. The second-order valence-corrected chi connectivity index (χ2v) is 8.47. The maximum atomic E-state index is 12.5. The first-order chi connectivity index (χ1) is 12.9. The summed E-state index contributed by atoms with van der Waals surface area (Å²) in [4.78, 5) is 11.2. The van der Waals surface area contributed by atoms with Gasteiger partial charge in [-0.1, -0.05) is 30.3 Å². The summed E-state index contributed by atoms with van der Waals surface area (Å²) in [5, 5.41) is 9.03. The highest BCUT2D eigenvalue weighted by Crippen LogP contribution is 2.26. The summed E-state index contributed by atoms with van der Waals surface area (Å²) in [6, 6.07) is 15.8. The maximum absolute atomic E-state index is 12.5. The number of carboxylic acid groups (broad SMARTS) is 1. The summed E-state index contributed by atoms with van der Waals surface area (Å²) < 4.78 is 33.4. The molecule has 1 aliphatic rings. The summed E-state index contributed by atoms with van der Waals surface area (Å²) >= 11 is 0. The van der Waals surface area contributed by atoms with Crippen LogP contribution in [0.4, 0.5) is 0 Å². The van der Waals surface area contributed by atoms with Gasteiger partial charge >= 0.3 is 5.97 Å². The molecule has 1 saturated carbocycles. The molecule has 0 spiro atoms. The van der Waals surface area contributed by atoms with Gasteiger partial charge in [-0.15, -0.1) is 0 Å². The second kappa shape index (κ2) is 8.54. The topological polar surface area (TPSA) is 92.7 Å². The zero-order valence-corrected chi connectivity index (χ0v) is 15.7. The first kappa shape index (κ1) is 19.4. The molecule has 0 unspecified atom stereocenters. The van der Waals surface area contributed by atoms with E-state index in [1.807, 2.05) is 30.3 Å². The molecule has 1 aliphatic carbocycles. The summed E-state index contributed by atoms with van der Waals surface area (Å²) in [7, 11) is -3.63. The minimum absolute atomic E-state index is 0.176. The van der Waals surface area contributed by atoms with Crippen LogP contribution in [0.1, 0.15) is 31.2 Å². The molecular weight excluding hydrogens is 366 g/mol. The van der Waals surface area contributed by atoms with E-state index in [0.29, 0.717) is 38.0 Å². The number of benzene rings is 2. The summed E-state index contributed by atoms with van der Waals surface area (Å²) in [6.45, 7) is 0.415. The van der Waals surface area contributed by atoms with Gasteiger partial charge in [0.2, 0.25) is 10.0 Å². The number of aliphatic carboxylic acids is 1. The molecule has 7 heteroatoms. The lowest BCUT2D eigenvalue weighted by atomic mass is 9.87. The Kier molecular flexibility index (Phi) is 6.13. The highest BCUT2D eigenvalue weighted by molar-refractivity contribution is 7.89. The van der Waals surface area contributed by atoms with Gasteiger partial charge in [-0.25, -0.2) is 13.1 Å². The zero-order valence-electron chi connectivity index (χ0n) is 14.9. The van der Waals surface area contributed by atoms with E-state index in [-0.39, 0.29) is 16.9 Å². The SMILES string of the molecule is O=C(O)C1CCC(NS(=O)(=O)c2ccc(OCc3ccccc3)cc2)CC1. The number of hydrogen-bond donors (Lipinski definition) is 2. The van der Waals surface area contributed by atoms with Crippen molar-refractivity contribution in [2.24, 2.45) is 5.92 Å². The number of sulfonamides is 1. The smallest absolute Gasteiger partial charge is 0.306 e. The van der Waals surface area contributed by atoms with Gasteiger partial charge < -0.3 is 9.84 Å². The van der Waals surface area contributed by atoms with Gasteiger partial charge in [0, 0.05) is 6.04 Å². The Morgan fingerprint density at radius 3 is 2.22 bits per heavy atom. The molecule has 27 heavy (non-hydrogen) atoms. The van der Waals surface area contributed by atoms with Crippen molar-refractivity contribution >= 4 is 16.0 Å². The standard InChI is InChI=1S/C20H23NO5S/c22-20(23)16-6-8-17(9-7-16)21-27(24,25)19-12-10-18(11-13-19)26-14-15-4-2-1-3-5-15/h1-5,10-13,16-17,21H,6-9,14H2,(H,22,23). The summed E-state index contributed by atoms with van der Waals surface area (Å²) in [5.74, 6) is -0.575. The van der Waals surface area contributed by atoms with Crippen molar-refractivity contribution in [3.05, 3.63) is 60.2 Å². The Morgan fingerprint density at radius 2 is 1.63 bits per heavy atom. The molecule has 0 aromatic heterocycles. The molecule has 0 bridgehead atoms. The average molecular weight is 389 g/mol. The van der Waals surface area contributed by atoms with Gasteiger partial charge in [-0.3, -0.25) is 4.79 Å². The van der Waals surface area contributed by atoms with Crippen LogP contribution in [0.2, 0.25) is 0 Å². The van der Waals surface area contributed by atoms with Gasteiger partial charge in [-0.2, -0.15) is 0 Å². The van der Waals surface area contributed by atoms with E-state index >= 15 is 0 Å². The predicted octanol–water partition coefficient (Wildman–Crippen LogP) is 3.19. The minimum atomic E-state index is -3.63. The number of hydrogen-bond acceptors (Lipinski definition) is 4. The molecule has 0 heterocycles. The minimum Gasteiger partial charge on any atom is -0.489 e. The van der Waals surface area contributed by atoms with E-state index in [1.165, 1.54) is 12.1 Å². The molecule has 0 atom stereocenters. The highest BCUT2D eigenvalue weighted by Gasteiger charge is 2.28. The van der Waals surface area contributed by atoms with Crippen molar-refractivity contribution in [1.29, 1.82) is 0 Å². The van der Waals surface area contributed by atoms with Crippen molar-refractivity contribution in [2.75, 3.05) is 0 Å². The quantitative estimate of drug-likeness (QED) is 0.759. The first-order valence-electron chi connectivity index (χ1n) is 8.96. The number of nitrogens with one attached hydrogen (secondary N) is 1. The van der Waals surface area contributed by atoms with Crippen molar-refractivity contribution in [1.82, 2.24) is 4.72 Å². The van der Waals surface area contributed by atoms with E-state index in [0.717, 1.165) is 5.56 Å². The summed E-state index contributed by atoms with van der Waals surface area (Å²) in [6.07, 6.45) is 2.06. The molecule has 2 N–H and O–H groups in total. The molecule has 0 saturated heterocycles. The van der Waals surface area contributed by atoms with Gasteiger partial charge in [0.1, 0.15) is 12.4 Å². The molecule has 3 rings (SSSR count). The third-order valence-electron chi connectivity index (χ3n) is 4.78. The van der Waals surface area contributed by atoms with Gasteiger partial charge in [0.15, 0.2) is 0 Å². The van der Waals surface area contributed by atoms with E-state index in [4.69, 9.17) is 9.84 Å². The van der Waals surface area contributed by atoms with Crippen molar-refractivity contribution < 1.29 is 23.1 Å². The van der Waals surface area contributed by atoms with Gasteiger partial charge in [-0.05, 0) is 55.5 Å². The van der Waals surface area contributed by atoms with E-state index < -0.39 is 16.0 Å². The lowest BCUT2D eigenvalue weighted by Crippen LogP contribution is -2.38. The van der Waals surface area contributed by atoms with Crippen molar-refractivity contribution in [2.45, 2.75) is 43.2 Å².